The standard InChI is InChI=1S/C22H17FN4O3S/c1-31-22-24-13-18(27(22)17-9-7-14(23)8-10-17)20(28)25-15-4-2-5-16(12-15)26-21(29)19-6-3-11-30-19/h2-13H,1H3,(H,25,28)(H,26,29). The van der Waals surface area contributed by atoms with Crippen molar-refractivity contribution in [3.63, 3.8) is 0 Å². The fourth-order valence-corrected chi connectivity index (χ4v) is 3.49. The van der Waals surface area contributed by atoms with Crippen molar-refractivity contribution in [1.82, 2.24) is 9.55 Å². The van der Waals surface area contributed by atoms with E-state index < -0.39 is 11.8 Å². The number of benzene rings is 2. The fourth-order valence-electron chi connectivity index (χ4n) is 2.95. The van der Waals surface area contributed by atoms with E-state index in [0.29, 0.717) is 27.9 Å². The van der Waals surface area contributed by atoms with Crippen LogP contribution in [0.1, 0.15) is 21.0 Å². The normalized spacial score (nSPS) is 10.6. The summed E-state index contributed by atoms with van der Waals surface area (Å²) in [7, 11) is 0. The molecule has 0 aliphatic rings. The molecular weight excluding hydrogens is 419 g/mol. The summed E-state index contributed by atoms with van der Waals surface area (Å²) >= 11 is 1.37. The molecule has 2 amide bonds. The smallest absolute Gasteiger partial charge is 0.291 e. The second-order valence-corrected chi connectivity index (χ2v) is 7.18. The quantitative estimate of drug-likeness (QED) is 0.423. The molecule has 31 heavy (non-hydrogen) atoms. The lowest BCUT2D eigenvalue weighted by molar-refractivity contribution is 0.0994. The van der Waals surface area contributed by atoms with Crippen molar-refractivity contribution in [1.29, 1.82) is 0 Å². The van der Waals surface area contributed by atoms with Gasteiger partial charge in [-0.1, -0.05) is 17.8 Å². The molecule has 0 bridgehead atoms. The largest absolute Gasteiger partial charge is 0.459 e. The molecule has 4 aromatic rings. The molecule has 0 fully saturated rings. The Kier molecular flexibility index (Phi) is 5.85. The number of amides is 2. The van der Waals surface area contributed by atoms with E-state index in [-0.39, 0.29) is 11.6 Å². The van der Waals surface area contributed by atoms with Crippen LogP contribution >= 0.6 is 11.8 Å². The molecule has 0 unspecified atom stereocenters. The van der Waals surface area contributed by atoms with Crippen LogP contribution in [-0.2, 0) is 0 Å². The van der Waals surface area contributed by atoms with Gasteiger partial charge in [0.25, 0.3) is 11.8 Å². The zero-order valence-electron chi connectivity index (χ0n) is 16.3. The molecule has 2 heterocycles. The highest BCUT2D eigenvalue weighted by Gasteiger charge is 2.18. The van der Waals surface area contributed by atoms with Gasteiger partial charge < -0.3 is 15.1 Å². The minimum Gasteiger partial charge on any atom is -0.459 e. The van der Waals surface area contributed by atoms with Crippen LogP contribution in [0.4, 0.5) is 15.8 Å². The Morgan fingerprint density at radius 3 is 2.35 bits per heavy atom. The number of hydrogen-bond donors (Lipinski definition) is 2. The molecule has 2 aromatic heterocycles. The van der Waals surface area contributed by atoms with Crippen LogP contribution in [0.25, 0.3) is 5.69 Å². The van der Waals surface area contributed by atoms with Crippen molar-refractivity contribution in [3.05, 3.63) is 90.4 Å². The Hall–Kier alpha value is -3.85. The van der Waals surface area contributed by atoms with Gasteiger partial charge in [0.15, 0.2) is 10.9 Å². The first-order chi connectivity index (χ1) is 15.0. The van der Waals surface area contributed by atoms with Gasteiger partial charge in [0.1, 0.15) is 11.5 Å². The first-order valence-corrected chi connectivity index (χ1v) is 10.4. The van der Waals surface area contributed by atoms with Gasteiger partial charge in [0.2, 0.25) is 0 Å². The van der Waals surface area contributed by atoms with Crippen LogP contribution in [-0.4, -0.2) is 27.6 Å². The van der Waals surface area contributed by atoms with Gasteiger partial charge in [-0.25, -0.2) is 9.37 Å². The molecule has 0 saturated heterocycles. The summed E-state index contributed by atoms with van der Waals surface area (Å²) < 4.78 is 20.1. The van der Waals surface area contributed by atoms with Crippen LogP contribution in [0.15, 0.2) is 82.7 Å². The van der Waals surface area contributed by atoms with Crippen LogP contribution in [0, 0.1) is 5.82 Å². The van der Waals surface area contributed by atoms with Crippen molar-refractivity contribution in [2.45, 2.75) is 5.16 Å². The van der Waals surface area contributed by atoms with Crippen molar-refractivity contribution in [2.24, 2.45) is 0 Å². The van der Waals surface area contributed by atoms with Crippen LogP contribution in [0.2, 0.25) is 0 Å². The third-order valence-corrected chi connectivity index (χ3v) is 5.01. The molecule has 0 spiro atoms. The van der Waals surface area contributed by atoms with E-state index in [0.717, 1.165) is 0 Å². The number of carbonyl (C=O) groups excluding carboxylic acids is 2. The van der Waals surface area contributed by atoms with E-state index >= 15 is 0 Å². The average Bonchev–Trinajstić information content (AvgIpc) is 3.45. The molecule has 2 aromatic carbocycles. The predicted molar refractivity (Wildman–Crippen MR) is 116 cm³/mol. The monoisotopic (exact) mass is 436 g/mol. The maximum absolute atomic E-state index is 13.3. The fraction of sp³-hybridized carbons (Fsp3) is 0.0455. The zero-order valence-corrected chi connectivity index (χ0v) is 17.2. The van der Waals surface area contributed by atoms with E-state index in [9.17, 15) is 14.0 Å². The van der Waals surface area contributed by atoms with Crippen molar-refractivity contribution >= 4 is 35.0 Å². The van der Waals surface area contributed by atoms with Crippen LogP contribution < -0.4 is 10.6 Å². The molecule has 4 rings (SSSR count). The lowest BCUT2D eigenvalue weighted by atomic mass is 10.2. The van der Waals surface area contributed by atoms with Gasteiger partial charge >= 0.3 is 0 Å². The third kappa shape index (κ3) is 4.51. The number of rotatable bonds is 6. The number of anilines is 2. The minimum atomic E-state index is -0.397. The lowest BCUT2D eigenvalue weighted by Gasteiger charge is -2.12. The summed E-state index contributed by atoms with van der Waals surface area (Å²) in [6.07, 6.45) is 4.72. The summed E-state index contributed by atoms with van der Waals surface area (Å²) in [6.45, 7) is 0. The Morgan fingerprint density at radius 1 is 1.00 bits per heavy atom. The maximum atomic E-state index is 13.3. The molecule has 7 nitrogen and oxygen atoms in total. The van der Waals surface area contributed by atoms with Gasteiger partial charge in [-0.05, 0) is 60.9 Å². The number of nitrogens with zero attached hydrogens (tertiary/aromatic N) is 2. The number of carbonyl (C=O) groups is 2. The van der Waals surface area contributed by atoms with Crippen LogP contribution in [0.3, 0.4) is 0 Å². The molecule has 0 atom stereocenters. The summed E-state index contributed by atoms with van der Waals surface area (Å²) in [5, 5.41) is 6.11. The number of thioether (sulfide) groups is 1. The predicted octanol–water partition coefficient (Wildman–Crippen LogP) is 4.83. The van der Waals surface area contributed by atoms with Gasteiger partial charge in [0, 0.05) is 17.1 Å². The maximum Gasteiger partial charge on any atom is 0.291 e. The topological polar surface area (TPSA) is 89.2 Å². The van der Waals surface area contributed by atoms with Gasteiger partial charge in [-0.3, -0.25) is 14.2 Å². The zero-order chi connectivity index (χ0) is 21.8. The molecule has 0 aliphatic heterocycles. The second-order valence-electron chi connectivity index (χ2n) is 6.41. The molecule has 0 radical (unpaired) electrons. The third-order valence-electron chi connectivity index (χ3n) is 4.35. The summed E-state index contributed by atoms with van der Waals surface area (Å²) in [4.78, 5) is 29.4. The summed E-state index contributed by atoms with van der Waals surface area (Å²) in [5.74, 6) is -0.977. The van der Waals surface area contributed by atoms with E-state index in [1.807, 2.05) is 6.26 Å². The molecule has 156 valence electrons. The van der Waals surface area contributed by atoms with Crippen molar-refractivity contribution in [2.75, 3.05) is 16.9 Å². The van der Waals surface area contributed by atoms with E-state index in [2.05, 4.69) is 15.6 Å². The number of imidazole rings is 1. The molecule has 9 heteroatoms. The van der Waals surface area contributed by atoms with Gasteiger partial charge in [-0.2, -0.15) is 0 Å². The Balaban J connectivity index is 1.56. The average molecular weight is 436 g/mol. The number of halogens is 1. The lowest BCUT2D eigenvalue weighted by Crippen LogP contribution is -2.17. The molecule has 0 saturated carbocycles. The van der Waals surface area contributed by atoms with E-state index in [4.69, 9.17) is 4.42 Å². The van der Waals surface area contributed by atoms with Crippen molar-refractivity contribution in [3.8, 4) is 5.69 Å². The van der Waals surface area contributed by atoms with Crippen LogP contribution in [0.5, 0.6) is 0 Å². The Morgan fingerprint density at radius 2 is 1.71 bits per heavy atom. The summed E-state index contributed by atoms with van der Waals surface area (Å²) in [5.41, 5.74) is 1.89. The summed E-state index contributed by atoms with van der Waals surface area (Å²) in [6, 6.07) is 15.7. The first-order valence-electron chi connectivity index (χ1n) is 9.19. The molecular formula is C22H17FN4O3S. The van der Waals surface area contributed by atoms with Crippen molar-refractivity contribution < 1.29 is 18.4 Å². The van der Waals surface area contributed by atoms with E-state index in [1.165, 1.54) is 36.4 Å². The highest BCUT2D eigenvalue weighted by Crippen LogP contribution is 2.23. The molecule has 0 aliphatic carbocycles. The second kappa shape index (κ2) is 8.88. The first kappa shape index (κ1) is 20.4. The SMILES string of the molecule is CSc1ncc(C(=O)Nc2cccc(NC(=O)c3ccco3)c2)n1-c1ccc(F)cc1. The number of furan rings is 1. The Labute approximate surface area is 181 Å². The number of nitrogens with one attached hydrogen (secondary N) is 2. The minimum absolute atomic E-state index is 0.183. The molecule has 2 N–H and O–H groups in total. The van der Waals surface area contributed by atoms with Gasteiger partial charge in [0.05, 0.1) is 12.5 Å². The highest BCUT2D eigenvalue weighted by atomic mass is 32.2. The highest BCUT2D eigenvalue weighted by molar-refractivity contribution is 7.98. The van der Waals surface area contributed by atoms with E-state index in [1.54, 1.807) is 53.1 Å². The number of hydrogen-bond acceptors (Lipinski definition) is 5. The number of aromatic nitrogens is 2. The Bertz CT molecular complexity index is 1220. The van der Waals surface area contributed by atoms with Gasteiger partial charge in [-0.15, -0.1) is 0 Å².